The summed E-state index contributed by atoms with van der Waals surface area (Å²) in [5, 5.41) is 0. The van der Waals surface area contributed by atoms with Crippen LogP contribution in [0, 0.1) is 17.8 Å². The maximum absolute atomic E-state index is 5.06. The summed E-state index contributed by atoms with van der Waals surface area (Å²) in [5.74, 6) is 2.96. The molecule has 2 aliphatic carbocycles. The normalized spacial score (nSPS) is 30.3. The molecule has 0 radical (unpaired) electrons. The van der Waals surface area contributed by atoms with Crippen LogP contribution >= 0.6 is 0 Å². The maximum Gasteiger partial charge on any atom is 0.0462 e. The van der Waals surface area contributed by atoms with E-state index in [2.05, 4.69) is 12.2 Å². The Kier molecular flexibility index (Phi) is 5.57. The molecule has 2 rings (SSSR count). The van der Waals surface area contributed by atoms with Crippen LogP contribution < -0.4 is 0 Å². The third kappa shape index (κ3) is 4.13. The van der Waals surface area contributed by atoms with Gasteiger partial charge in [-0.25, -0.2) is 0 Å². The van der Waals surface area contributed by atoms with Crippen molar-refractivity contribution in [2.24, 2.45) is 17.8 Å². The van der Waals surface area contributed by atoms with Crippen LogP contribution in [0.15, 0.2) is 12.2 Å². The minimum atomic E-state index is 0.942. The van der Waals surface area contributed by atoms with Crippen LogP contribution in [0.25, 0.3) is 0 Å². The first-order valence-corrected chi connectivity index (χ1v) is 7.57. The molecule has 1 fully saturated rings. The molecule has 0 aromatic carbocycles. The quantitative estimate of drug-likeness (QED) is 0.421. The highest BCUT2D eigenvalue weighted by Gasteiger charge is 2.34. The lowest BCUT2D eigenvalue weighted by Crippen LogP contribution is -2.06. The van der Waals surface area contributed by atoms with E-state index in [1.165, 1.54) is 57.8 Å². The van der Waals surface area contributed by atoms with Gasteiger partial charge >= 0.3 is 0 Å². The minimum absolute atomic E-state index is 0.942. The van der Waals surface area contributed by atoms with E-state index in [0.717, 1.165) is 24.4 Å². The van der Waals surface area contributed by atoms with Gasteiger partial charge in [0.2, 0.25) is 0 Å². The Hall–Kier alpha value is -0.300. The Labute approximate surface area is 107 Å². The Morgan fingerprint density at radius 1 is 0.941 bits per heavy atom. The summed E-state index contributed by atoms with van der Waals surface area (Å²) in [6.45, 7) is 0.942. The Balaban J connectivity index is 1.41. The van der Waals surface area contributed by atoms with Crippen molar-refractivity contribution in [1.82, 2.24) is 0 Å². The first kappa shape index (κ1) is 13.1. The van der Waals surface area contributed by atoms with Crippen molar-refractivity contribution in [3.8, 4) is 0 Å². The minimum Gasteiger partial charge on any atom is -0.385 e. The lowest BCUT2D eigenvalue weighted by molar-refractivity contribution is 0.192. The molecule has 17 heavy (non-hydrogen) atoms. The van der Waals surface area contributed by atoms with Crippen molar-refractivity contribution < 1.29 is 4.74 Å². The van der Waals surface area contributed by atoms with Crippen molar-refractivity contribution in [2.75, 3.05) is 13.7 Å². The average Bonchev–Trinajstić information content (AvgIpc) is 2.94. The zero-order chi connectivity index (χ0) is 11.9. The standard InChI is InChI=1S/C16H28O/c1-17-11-7-5-3-2-4-6-8-15-12-14-9-10-16(15)13-14/h9-10,14-16H,2-8,11-13H2,1H3. The largest absolute Gasteiger partial charge is 0.385 e. The second-order valence-electron chi connectivity index (χ2n) is 5.94. The van der Waals surface area contributed by atoms with Gasteiger partial charge < -0.3 is 4.74 Å². The smallest absolute Gasteiger partial charge is 0.0462 e. The lowest BCUT2D eigenvalue weighted by Gasteiger charge is -2.17. The number of hydrogen-bond donors (Lipinski definition) is 0. The third-order valence-corrected chi connectivity index (χ3v) is 4.59. The fraction of sp³-hybridized carbons (Fsp3) is 0.875. The molecule has 1 nitrogen and oxygen atoms in total. The number of allylic oxidation sites excluding steroid dienone is 2. The fourth-order valence-electron chi connectivity index (χ4n) is 3.59. The second-order valence-corrected chi connectivity index (χ2v) is 5.94. The molecule has 0 N–H and O–H groups in total. The summed E-state index contributed by atoms with van der Waals surface area (Å²) in [4.78, 5) is 0. The van der Waals surface area contributed by atoms with Gasteiger partial charge in [-0.3, -0.25) is 0 Å². The van der Waals surface area contributed by atoms with E-state index in [1.54, 1.807) is 7.11 Å². The average molecular weight is 236 g/mol. The van der Waals surface area contributed by atoms with Gasteiger partial charge in [0.25, 0.3) is 0 Å². The van der Waals surface area contributed by atoms with Crippen molar-refractivity contribution in [3.05, 3.63) is 12.2 Å². The summed E-state index contributed by atoms with van der Waals surface area (Å²) < 4.78 is 5.06. The van der Waals surface area contributed by atoms with Gasteiger partial charge in [0.15, 0.2) is 0 Å². The van der Waals surface area contributed by atoms with Crippen molar-refractivity contribution in [3.63, 3.8) is 0 Å². The van der Waals surface area contributed by atoms with Gasteiger partial charge in [0, 0.05) is 13.7 Å². The number of methoxy groups -OCH3 is 1. The van der Waals surface area contributed by atoms with Crippen molar-refractivity contribution in [2.45, 2.75) is 57.8 Å². The number of unbranched alkanes of at least 4 members (excludes halogenated alkanes) is 5. The van der Waals surface area contributed by atoms with E-state index in [9.17, 15) is 0 Å². The van der Waals surface area contributed by atoms with Crippen LogP contribution in [0.5, 0.6) is 0 Å². The van der Waals surface area contributed by atoms with E-state index >= 15 is 0 Å². The molecule has 0 saturated heterocycles. The van der Waals surface area contributed by atoms with Gasteiger partial charge in [-0.05, 0) is 43.4 Å². The molecule has 0 amide bonds. The van der Waals surface area contributed by atoms with Crippen LogP contribution in [0.3, 0.4) is 0 Å². The molecule has 2 bridgehead atoms. The van der Waals surface area contributed by atoms with Gasteiger partial charge in [-0.1, -0.05) is 44.3 Å². The first-order valence-electron chi connectivity index (χ1n) is 7.57. The maximum atomic E-state index is 5.06. The van der Waals surface area contributed by atoms with Crippen molar-refractivity contribution >= 4 is 0 Å². The fourth-order valence-corrected chi connectivity index (χ4v) is 3.59. The monoisotopic (exact) mass is 236 g/mol. The van der Waals surface area contributed by atoms with Crippen LogP contribution in [0.2, 0.25) is 0 Å². The van der Waals surface area contributed by atoms with Crippen LogP contribution in [0.1, 0.15) is 57.8 Å². The van der Waals surface area contributed by atoms with Gasteiger partial charge in [0.05, 0.1) is 0 Å². The molecule has 0 aromatic heterocycles. The van der Waals surface area contributed by atoms with E-state index in [1.807, 2.05) is 0 Å². The summed E-state index contributed by atoms with van der Waals surface area (Å²) in [7, 11) is 1.80. The molecule has 0 heterocycles. The number of hydrogen-bond acceptors (Lipinski definition) is 1. The van der Waals surface area contributed by atoms with Crippen LogP contribution in [-0.2, 0) is 4.74 Å². The molecular formula is C16H28O. The van der Waals surface area contributed by atoms with E-state index < -0.39 is 0 Å². The van der Waals surface area contributed by atoms with Gasteiger partial charge in [-0.15, -0.1) is 0 Å². The molecule has 0 spiro atoms. The molecule has 0 aliphatic heterocycles. The first-order chi connectivity index (χ1) is 8.40. The highest BCUT2D eigenvalue weighted by atomic mass is 16.5. The lowest BCUT2D eigenvalue weighted by atomic mass is 9.88. The molecule has 3 atom stereocenters. The molecule has 3 unspecified atom stereocenters. The molecule has 2 aliphatic rings. The molecule has 1 heteroatoms. The predicted octanol–water partition coefficient (Wildman–Crippen LogP) is 4.58. The van der Waals surface area contributed by atoms with Crippen LogP contribution in [0.4, 0.5) is 0 Å². The van der Waals surface area contributed by atoms with Gasteiger partial charge in [0.1, 0.15) is 0 Å². The van der Waals surface area contributed by atoms with E-state index in [-0.39, 0.29) is 0 Å². The second kappa shape index (κ2) is 7.20. The number of ether oxygens (including phenoxy) is 1. The van der Waals surface area contributed by atoms with E-state index in [0.29, 0.717) is 0 Å². The Bertz CT molecular complexity index is 234. The van der Waals surface area contributed by atoms with Crippen molar-refractivity contribution in [1.29, 1.82) is 0 Å². The third-order valence-electron chi connectivity index (χ3n) is 4.59. The Morgan fingerprint density at radius 3 is 2.35 bits per heavy atom. The SMILES string of the molecule is COCCCCCCCCC1CC2C=CC1C2. The highest BCUT2D eigenvalue weighted by molar-refractivity contribution is 5.09. The zero-order valence-electron chi connectivity index (χ0n) is 11.4. The summed E-state index contributed by atoms with van der Waals surface area (Å²) in [5.41, 5.74) is 0. The molecule has 1 saturated carbocycles. The highest BCUT2D eigenvalue weighted by Crippen LogP contribution is 2.45. The number of fused-ring (bicyclic) bond motifs is 2. The predicted molar refractivity (Wildman–Crippen MR) is 73.0 cm³/mol. The van der Waals surface area contributed by atoms with Crippen LogP contribution in [-0.4, -0.2) is 13.7 Å². The molecule has 98 valence electrons. The number of rotatable bonds is 9. The zero-order valence-corrected chi connectivity index (χ0v) is 11.4. The van der Waals surface area contributed by atoms with Gasteiger partial charge in [-0.2, -0.15) is 0 Å². The Morgan fingerprint density at radius 2 is 1.71 bits per heavy atom. The van der Waals surface area contributed by atoms with E-state index in [4.69, 9.17) is 4.74 Å². The topological polar surface area (TPSA) is 9.23 Å². The molecule has 0 aromatic rings. The summed E-state index contributed by atoms with van der Waals surface area (Å²) in [6.07, 6.45) is 17.7. The summed E-state index contributed by atoms with van der Waals surface area (Å²) in [6, 6.07) is 0. The molecular weight excluding hydrogens is 208 g/mol. The summed E-state index contributed by atoms with van der Waals surface area (Å²) >= 11 is 0.